The van der Waals surface area contributed by atoms with Crippen LogP contribution in [0.2, 0.25) is 0 Å². The Morgan fingerprint density at radius 2 is 1.95 bits per heavy atom. The third-order valence-corrected chi connectivity index (χ3v) is 4.13. The van der Waals surface area contributed by atoms with Crippen molar-refractivity contribution in [1.82, 2.24) is 9.80 Å². The van der Waals surface area contributed by atoms with Crippen LogP contribution in [0.4, 0.5) is 4.39 Å². The summed E-state index contributed by atoms with van der Waals surface area (Å²) in [6.07, 6.45) is 0. The van der Waals surface area contributed by atoms with Crippen LogP contribution in [0.1, 0.15) is 29.8 Å². The van der Waals surface area contributed by atoms with Crippen molar-refractivity contribution in [2.24, 2.45) is 0 Å². The van der Waals surface area contributed by atoms with E-state index in [9.17, 15) is 9.18 Å². The van der Waals surface area contributed by atoms with E-state index < -0.39 is 11.8 Å². The number of hydrogen-bond acceptors (Lipinski definition) is 3. The van der Waals surface area contributed by atoms with Crippen LogP contribution >= 0.6 is 0 Å². The fourth-order valence-electron chi connectivity index (χ4n) is 2.69. The normalized spacial score (nSPS) is 24.8. The molecular formula is C15H21FN2O2. The molecule has 1 fully saturated rings. The van der Waals surface area contributed by atoms with E-state index in [4.69, 9.17) is 5.11 Å². The van der Waals surface area contributed by atoms with E-state index in [0.717, 1.165) is 19.2 Å². The van der Waals surface area contributed by atoms with Crippen molar-refractivity contribution in [3.05, 3.63) is 35.1 Å². The van der Waals surface area contributed by atoms with E-state index in [-0.39, 0.29) is 5.56 Å². The fraction of sp³-hybridized carbons (Fsp3) is 0.533. The second-order valence-corrected chi connectivity index (χ2v) is 5.67. The molecule has 5 heteroatoms. The molecule has 1 N–H and O–H groups in total. The minimum atomic E-state index is -1.10. The average molecular weight is 280 g/mol. The number of nitrogens with zero attached hydrogens (tertiary/aromatic N) is 2. The third-order valence-electron chi connectivity index (χ3n) is 4.13. The van der Waals surface area contributed by atoms with Crippen LogP contribution in [0.5, 0.6) is 0 Å². The highest BCUT2D eigenvalue weighted by molar-refractivity contribution is 5.87. The molecule has 0 spiro atoms. The first-order chi connectivity index (χ1) is 9.38. The van der Waals surface area contributed by atoms with Crippen LogP contribution in [0.15, 0.2) is 18.2 Å². The lowest BCUT2D eigenvalue weighted by molar-refractivity contribution is 0.0550. The molecule has 1 aromatic rings. The summed E-state index contributed by atoms with van der Waals surface area (Å²) in [7, 11) is 2.11. The highest BCUT2D eigenvalue weighted by Crippen LogP contribution is 2.18. The Hall–Kier alpha value is -1.46. The molecule has 0 bridgehead atoms. The van der Waals surface area contributed by atoms with Gasteiger partial charge in [-0.2, -0.15) is 0 Å². The number of halogens is 1. The Balaban J connectivity index is 2.09. The van der Waals surface area contributed by atoms with Crippen LogP contribution in [0.3, 0.4) is 0 Å². The quantitative estimate of drug-likeness (QED) is 0.920. The number of aromatic carboxylic acids is 1. The minimum Gasteiger partial charge on any atom is -0.478 e. The van der Waals surface area contributed by atoms with Gasteiger partial charge < -0.3 is 5.11 Å². The van der Waals surface area contributed by atoms with Gasteiger partial charge in [0.2, 0.25) is 0 Å². The average Bonchev–Trinajstić information content (AvgIpc) is 2.38. The number of hydrogen-bond donors (Lipinski definition) is 1. The Kier molecular flexibility index (Phi) is 4.40. The van der Waals surface area contributed by atoms with Gasteiger partial charge in [-0.3, -0.25) is 9.80 Å². The van der Waals surface area contributed by atoms with Gasteiger partial charge in [0.25, 0.3) is 0 Å². The second kappa shape index (κ2) is 5.89. The molecule has 20 heavy (non-hydrogen) atoms. The summed E-state index contributed by atoms with van der Waals surface area (Å²) in [4.78, 5) is 15.3. The number of carboxylic acids is 1. The SMILES string of the molecule is CC1CN(Cc2ccc(C(=O)O)cc2F)CC(C)N1C. The first-order valence-corrected chi connectivity index (χ1v) is 6.84. The molecule has 1 aliphatic heterocycles. The summed E-state index contributed by atoms with van der Waals surface area (Å²) in [5.41, 5.74) is 0.547. The predicted molar refractivity (Wildman–Crippen MR) is 75.3 cm³/mol. The van der Waals surface area contributed by atoms with Gasteiger partial charge in [0, 0.05) is 37.3 Å². The Labute approximate surface area is 118 Å². The molecule has 1 aliphatic rings. The second-order valence-electron chi connectivity index (χ2n) is 5.67. The molecule has 4 nitrogen and oxygen atoms in total. The number of piperazine rings is 1. The lowest BCUT2D eigenvalue weighted by Crippen LogP contribution is -2.54. The molecule has 1 heterocycles. The van der Waals surface area contributed by atoms with Gasteiger partial charge in [0.05, 0.1) is 5.56 Å². The molecule has 1 saturated heterocycles. The smallest absolute Gasteiger partial charge is 0.335 e. The summed E-state index contributed by atoms with van der Waals surface area (Å²) >= 11 is 0. The molecule has 2 atom stereocenters. The lowest BCUT2D eigenvalue weighted by atomic mass is 10.1. The molecule has 1 aromatic carbocycles. The summed E-state index contributed by atoms with van der Waals surface area (Å²) in [5, 5.41) is 8.84. The molecule has 0 aliphatic carbocycles. The van der Waals surface area contributed by atoms with Gasteiger partial charge in [-0.1, -0.05) is 6.07 Å². The maximum atomic E-state index is 13.9. The van der Waals surface area contributed by atoms with E-state index >= 15 is 0 Å². The van der Waals surface area contributed by atoms with Crippen LogP contribution in [-0.4, -0.2) is 53.1 Å². The number of carbonyl (C=O) groups is 1. The van der Waals surface area contributed by atoms with Crippen LogP contribution in [0.25, 0.3) is 0 Å². The van der Waals surface area contributed by atoms with Gasteiger partial charge in [-0.25, -0.2) is 9.18 Å². The third kappa shape index (κ3) is 3.16. The van der Waals surface area contributed by atoms with Crippen molar-refractivity contribution in [2.45, 2.75) is 32.5 Å². The van der Waals surface area contributed by atoms with E-state index in [0.29, 0.717) is 24.2 Å². The minimum absolute atomic E-state index is 0.00800. The van der Waals surface area contributed by atoms with Crippen molar-refractivity contribution >= 4 is 5.97 Å². The largest absolute Gasteiger partial charge is 0.478 e. The molecule has 0 amide bonds. The lowest BCUT2D eigenvalue weighted by Gasteiger charge is -2.42. The highest BCUT2D eigenvalue weighted by Gasteiger charge is 2.26. The maximum Gasteiger partial charge on any atom is 0.335 e. The van der Waals surface area contributed by atoms with Gasteiger partial charge in [0.1, 0.15) is 5.82 Å². The topological polar surface area (TPSA) is 43.8 Å². The highest BCUT2D eigenvalue weighted by atomic mass is 19.1. The molecule has 110 valence electrons. The van der Waals surface area contributed by atoms with Gasteiger partial charge >= 0.3 is 5.97 Å². The summed E-state index contributed by atoms with van der Waals surface area (Å²) in [6, 6.07) is 5.00. The Morgan fingerprint density at radius 1 is 1.35 bits per heavy atom. The van der Waals surface area contributed by atoms with Crippen LogP contribution in [-0.2, 0) is 6.54 Å². The molecular weight excluding hydrogens is 259 g/mol. The number of benzene rings is 1. The Bertz CT molecular complexity index is 495. The Morgan fingerprint density at radius 3 is 2.45 bits per heavy atom. The predicted octanol–water partition coefficient (Wildman–Crippen LogP) is 2.05. The van der Waals surface area contributed by atoms with Crippen LogP contribution in [0, 0.1) is 5.82 Å². The van der Waals surface area contributed by atoms with Gasteiger partial charge in [-0.15, -0.1) is 0 Å². The van der Waals surface area contributed by atoms with Crippen molar-refractivity contribution in [3.63, 3.8) is 0 Å². The molecule has 2 rings (SSSR count). The van der Waals surface area contributed by atoms with Crippen molar-refractivity contribution in [1.29, 1.82) is 0 Å². The zero-order chi connectivity index (χ0) is 14.9. The van der Waals surface area contributed by atoms with E-state index in [1.165, 1.54) is 6.07 Å². The van der Waals surface area contributed by atoms with Crippen molar-refractivity contribution in [3.8, 4) is 0 Å². The summed E-state index contributed by atoms with van der Waals surface area (Å²) in [5.74, 6) is -1.54. The van der Waals surface area contributed by atoms with E-state index in [1.807, 2.05) is 0 Å². The molecule has 0 saturated carbocycles. The number of carboxylic acid groups (broad SMARTS) is 1. The molecule has 2 unspecified atom stereocenters. The monoisotopic (exact) mass is 280 g/mol. The van der Waals surface area contributed by atoms with Gasteiger partial charge in [0.15, 0.2) is 0 Å². The molecule has 0 aromatic heterocycles. The maximum absolute atomic E-state index is 13.9. The zero-order valence-corrected chi connectivity index (χ0v) is 12.1. The first-order valence-electron chi connectivity index (χ1n) is 6.84. The van der Waals surface area contributed by atoms with Crippen molar-refractivity contribution < 1.29 is 14.3 Å². The number of likely N-dealkylation sites (N-methyl/N-ethyl adjacent to an activating group) is 1. The fourth-order valence-corrected chi connectivity index (χ4v) is 2.69. The standard InChI is InChI=1S/C15H21FN2O2/c1-10-7-18(8-11(2)17(10)3)9-13-5-4-12(15(19)20)6-14(13)16/h4-6,10-11H,7-9H2,1-3H3,(H,19,20). The first kappa shape index (κ1) is 14.9. The molecule has 0 radical (unpaired) electrons. The van der Waals surface area contributed by atoms with E-state index in [2.05, 4.69) is 30.7 Å². The summed E-state index contributed by atoms with van der Waals surface area (Å²) < 4.78 is 13.9. The number of rotatable bonds is 3. The van der Waals surface area contributed by atoms with Crippen LogP contribution < -0.4 is 0 Å². The van der Waals surface area contributed by atoms with Gasteiger partial charge in [-0.05, 0) is 33.0 Å². The summed E-state index contributed by atoms with van der Waals surface area (Å²) in [6.45, 7) is 6.62. The van der Waals surface area contributed by atoms with Crippen molar-refractivity contribution in [2.75, 3.05) is 20.1 Å². The zero-order valence-electron chi connectivity index (χ0n) is 12.1. The van der Waals surface area contributed by atoms with E-state index in [1.54, 1.807) is 6.07 Å².